The van der Waals surface area contributed by atoms with Gasteiger partial charge in [0.1, 0.15) is 24.4 Å². The topological polar surface area (TPSA) is 120 Å². The smallest absolute Gasteiger partial charge is 0.255 e. The van der Waals surface area contributed by atoms with Gasteiger partial charge in [0.2, 0.25) is 17.7 Å². The molecule has 0 aromatic heterocycles. The predicted octanol–water partition coefficient (Wildman–Crippen LogP) is 2.28. The Balaban J connectivity index is 1.36. The Hall–Kier alpha value is -3.92. The number of likely N-dealkylation sites (tertiary alicyclic amines) is 1. The Morgan fingerprint density at radius 2 is 1.63 bits per heavy atom. The maximum atomic E-state index is 13.9. The Kier molecular flexibility index (Phi) is 10.7. The molecule has 0 unspecified atom stereocenters. The van der Waals surface area contributed by atoms with Crippen LogP contribution in [-0.4, -0.2) is 90.9 Å². The molecule has 0 bridgehead atoms. The summed E-state index contributed by atoms with van der Waals surface area (Å²) in [4.78, 5) is 58.3. The molecule has 3 N–H and O–H groups in total. The number of para-hydroxylation sites is 1. The molecular weight excluding hydrogens is 546 g/mol. The summed E-state index contributed by atoms with van der Waals surface area (Å²) < 4.78 is 6.13. The van der Waals surface area contributed by atoms with Crippen LogP contribution in [0.2, 0.25) is 0 Å². The summed E-state index contributed by atoms with van der Waals surface area (Å²) in [6.45, 7) is 3.92. The van der Waals surface area contributed by atoms with Gasteiger partial charge in [-0.3, -0.25) is 19.2 Å². The maximum Gasteiger partial charge on any atom is 0.255 e. The summed E-state index contributed by atoms with van der Waals surface area (Å²) in [5, 5.41) is 8.61. The fourth-order valence-electron chi connectivity index (χ4n) is 6.22. The van der Waals surface area contributed by atoms with Gasteiger partial charge in [-0.15, -0.1) is 0 Å². The molecule has 230 valence electrons. The van der Waals surface area contributed by atoms with Crippen LogP contribution in [-0.2, 0) is 20.8 Å². The van der Waals surface area contributed by atoms with Crippen molar-refractivity contribution < 1.29 is 23.9 Å². The van der Waals surface area contributed by atoms with Crippen LogP contribution < -0.4 is 20.7 Å². The Bertz CT molecular complexity index is 1260. The number of hydrogen-bond acceptors (Lipinski definition) is 6. The molecule has 0 spiro atoms. The Labute approximate surface area is 253 Å². The highest BCUT2D eigenvalue weighted by atomic mass is 16.5. The summed E-state index contributed by atoms with van der Waals surface area (Å²) in [5.74, 6) is -1.19. The van der Waals surface area contributed by atoms with Gasteiger partial charge in [-0.05, 0) is 56.5 Å². The number of hydrogen-bond donors (Lipinski definition) is 3. The quantitative estimate of drug-likeness (QED) is 0.476. The van der Waals surface area contributed by atoms with Gasteiger partial charge >= 0.3 is 0 Å². The number of fused-ring (bicyclic) bond motifs is 2. The van der Waals surface area contributed by atoms with Crippen molar-refractivity contribution in [2.24, 2.45) is 0 Å². The summed E-state index contributed by atoms with van der Waals surface area (Å²) in [6, 6.07) is 14.3. The lowest BCUT2D eigenvalue weighted by atomic mass is 10.0. The van der Waals surface area contributed by atoms with Crippen LogP contribution in [0, 0.1) is 0 Å². The predicted molar refractivity (Wildman–Crippen MR) is 163 cm³/mol. The first-order valence-electron chi connectivity index (χ1n) is 15.6. The molecule has 10 nitrogen and oxygen atoms in total. The lowest BCUT2D eigenvalue weighted by Gasteiger charge is -2.30. The number of benzene rings is 2. The van der Waals surface area contributed by atoms with Crippen molar-refractivity contribution in [1.82, 2.24) is 25.8 Å². The SMILES string of the molecule is O=C1C[C@@H](C(=O)NCCN2CCCCCC2)NC(=O)c2ccccc2OC[C@H]2CCCN2C(=O)[C@H](Cc2ccccc2)N1. The van der Waals surface area contributed by atoms with E-state index in [0.717, 1.165) is 44.3 Å². The largest absolute Gasteiger partial charge is 0.491 e. The zero-order valence-corrected chi connectivity index (χ0v) is 24.8. The zero-order chi connectivity index (χ0) is 30.0. The monoisotopic (exact) mass is 589 g/mol. The lowest BCUT2D eigenvalue weighted by Crippen LogP contribution is -2.55. The second kappa shape index (κ2) is 15.0. The highest BCUT2D eigenvalue weighted by Gasteiger charge is 2.36. The van der Waals surface area contributed by atoms with Crippen LogP contribution >= 0.6 is 0 Å². The van der Waals surface area contributed by atoms with Crippen molar-refractivity contribution in [3.8, 4) is 5.75 Å². The first kappa shape index (κ1) is 30.5. The average Bonchev–Trinajstić information content (AvgIpc) is 3.33. The fraction of sp³-hybridized carbons (Fsp3) is 0.515. The number of nitrogens with one attached hydrogen (secondary N) is 3. The van der Waals surface area contributed by atoms with Crippen LogP contribution in [0.25, 0.3) is 0 Å². The molecule has 3 heterocycles. The van der Waals surface area contributed by atoms with Crippen LogP contribution in [0.5, 0.6) is 5.75 Å². The molecule has 2 saturated heterocycles. The normalized spacial score (nSPS) is 24.0. The molecule has 4 amide bonds. The highest BCUT2D eigenvalue weighted by molar-refractivity contribution is 6.01. The molecule has 0 saturated carbocycles. The van der Waals surface area contributed by atoms with Gasteiger partial charge in [-0.2, -0.15) is 0 Å². The third-order valence-electron chi connectivity index (χ3n) is 8.58. The standard InChI is InChI=1S/C33H43N5O5/c39-30-22-27(32(41)34-16-20-37-17-8-1-2-9-18-37)36-31(40)26-14-6-7-15-29(26)43-23-25-13-10-19-38(25)33(42)28(35-30)21-24-11-4-3-5-12-24/h3-7,11-12,14-15,25,27-28H,1-2,8-10,13,16-23H2,(H,34,41)(H,35,39)(H,36,40)/t25-,27+,28+/m1/s1. The number of amides is 4. The van der Waals surface area contributed by atoms with Gasteiger partial charge in [0.05, 0.1) is 18.0 Å². The van der Waals surface area contributed by atoms with E-state index in [1.807, 2.05) is 30.3 Å². The van der Waals surface area contributed by atoms with E-state index >= 15 is 0 Å². The number of rotatable bonds is 6. The maximum absolute atomic E-state index is 13.9. The van der Waals surface area contributed by atoms with Crippen LogP contribution in [0.15, 0.2) is 54.6 Å². The molecule has 2 fully saturated rings. The molecule has 0 aliphatic carbocycles. The van der Waals surface area contributed by atoms with E-state index in [2.05, 4.69) is 20.9 Å². The highest BCUT2D eigenvalue weighted by Crippen LogP contribution is 2.24. The van der Waals surface area contributed by atoms with E-state index in [0.29, 0.717) is 31.8 Å². The fourth-order valence-corrected chi connectivity index (χ4v) is 6.22. The van der Waals surface area contributed by atoms with E-state index in [1.165, 1.54) is 12.8 Å². The summed E-state index contributed by atoms with van der Waals surface area (Å²) in [6.07, 6.45) is 6.36. The molecule has 3 aliphatic rings. The van der Waals surface area contributed by atoms with E-state index in [1.54, 1.807) is 29.2 Å². The van der Waals surface area contributed by atoms with Gasteiger partial charge in [0.15, 0.2) is 0 Å². The third-order valence-corrected chi connectivity index (χ3v) is 8.58. The summed E-state index contributed by atoms with van der Waals surface area (Å²) in [7, 11) is 0. The minimum Gasteiger partial charge on any atom is -0.491 e. The summed E-state index contributed by atoms with van der Waals surface area (Å²) in [5.41, 5.74) is 1.19. The van der Waals surface area contributed by atoms with Crippen molar-refractivity contribution in [3.05, 3.63) is 65.7 Å². The molecule has 3 aliphatic heterocycles. The van der Waals surface area contributed by atoms with Crippen molar-refractivity contribution in [2.75, 3.05) is 39.3 Å². The number of ether oxygens (including phenoxy) is 1. The van der Waals surface area contributed by atoms with Crippen molar-refractivity contribution in [1.29, 1.82) is 0 Å². The van der Waals surface area contributed by atoms with E-state index in [-0.39, 0.29) is 30.5 Å². The summed E-state index contributed by atoms with van der Waals surface area (Å²) >= 11 is 0. The molecule has 2 aromatic carbocycles. The average molecular weight is 590 g/mol. The Morgan fingerprint density at radius 3 is 2.42 bits per heavy atom. The van der Waals surface area contributed by atoms with Crippen LogP contribution in [0.3, 0.4) is 0 Å². The first-order chi connectivity index (χ1) is 21.0. The minimum absolute atomic E-state index is 0.170. The first-order valence-corrected chi connectivity index (χ1v) is 15.6. The van der Waals surface area contributed by atoms with Crippen molar-refractivity contribution in [3.63, 3.8) is 0 Å². The van der Waals surface area contributed by atoms with E-state index < -0.39 is 29.8 Å². The molecule has 43 heavy (non-hydrogen) atoms. The number of carbonyl (C=O) groups is 4. The van der Waals surface area contributed by atoms with Gasteiger partial charge < -0.3 is 30.5 Å². The molecule has 2 aromatic rings. The van der Waals surface area contributed by atoms with Gasteiger partial charge in [-0.1, -0.05) is 55.3 Å². The van der Waals surface area contributed by atoms with E-state index in [9.17, 15) is 19.2 Å². The van der Waals surface area contributed by atoms with Gasteiger partial charge in [-0.25, -0.2) is 0 Å². The molecule has 5 rings (SSSR count). The van der Waals surface area contributed by atoms with Crippen LogP contribution in [0.1, 0.15) is 60.9 Å². The minimum atomic E-state index is -1.13. The van der Waals surface area contributed by atoms with Gasteiger partial charge in [0, 0.05) is 26.1 Å². The van der Waals surface area contributed by atoms with Crippen molar-refractivity contribution >= 4 is 23.6 Å². The molecule has 0 radical (unpaired) electrons. The molecular formula is C33H43N5O5. The Morgan fingerprint density at radius 1 is 0.884 bits per heavy atom. The van der Waals surface area contributed by atoms with E-state index in [4.69, 9.17) is 4.74 Å². The molecule has 3 atom stereocenters. The van der Waals surface area contributed by atoms with Crippen molar-refractivity contribution in [2.45, 2.75) is 69.5 Å². The van der Waals surface area contributed by atoms with Gasteiger partial charge in [0.25, 0.3) is 5.91 Å². The molecule has 10 heteroatoms. The number of nitrogens with zero attached hydrogens (tertiary/aromatic N) is 2. The number of carbonyl (C=O) groups excluding carboxylic acids is 4. The third kappa shape index (κ3) is 8.34. The van der Waals surface area contributed by atoms with Crippen LogP contribution in [0.4, 0.5) is 0 Å². The zero-order valence-electron chi connectivity index (χ0n) is 24.8. The second-order valence-electron chi connectivity index (χ2n) is 11.7. The second-order valence-corrected chi connectivity index (χ2v) is 11.7. The lowest BCUT2D eigenvalue weighted by molar-refractivity contribution is -0.138.